The Morgan fingerprint density at radius 3 is 2.70 bits per heavy atom. The Labute approximate surface area is 56.9 Å². The Morgan fingerprint density at radius 1 is 1.10 bits per heavy atom. The van der Waals surface area contributed by atoms with Crippen molar-refractivity contribution in [3.63, 3.8) is 0 Å². The van der Waals surface area contributed by atoms with E-state index in [0.29, 0.717) is 0 Å². The van der Waals surface area contributed by atoms with E-state index in [1.807, 2.05) is 0 Å². The molecule has 10 heavy (non-hydrogen) atoms. The number of imidazole rings is 1. The van der Waals surface area contributed by atoms with Crippen molar-refractivity contribution in [1.29, 1.82) is 0 Å². The fourth-order valence-electron chi connectivity index (χ4n) is 0.698. The van der Waals surface area contributed by atoms with Gasteiger partial charge in [0, 0.05) is 12.4 Å². The summed E-state index contributed by atoms with van der Waals surface area (Å²) < 4.78 is 1.72. The van der Waals surface area contributed by atoms with Crippen molar-refractivity contribution in [2.24, 2.45) is 0 Å². The van der Waals surface area contributed by atoms with Gasteiger partial charge >= 0.3 is 0 Å². The molecule has 50 valence electrons. The van der Waals surface area contributed by atoms with Crippen LogP contribution in [0.4, 0.5) is 0 Å². The molecule has 2 aromatic heterocycles. The highest BCUT2D eigenvalue weighted by Crippen LogP contribution is 1.84. The maximum atomic E-state index is 3.85. The molecule has 5 heteroatoms. The standard InChI is InChI=1S/C5H5N5/c1-3-9(5-6-1)10-4-2-7-8-10/h1-5H. The van der Waals surface area contributed by atoms with Crippen molar-refractivity contribution in [1.82, 2.24) is 24.8 Å². The summed E-state index contributed by atoms with van der Waals surface area (Å²) in [5.41, 5.74) is 0. The summed E-state index contributed by atoms with van der Waals surface area (Å²) >= 11 is 0. The van der Waals surface area contributed by atoms with Gasteiger partial charge in [0.15, 0.2) is 0 Å². The predicted molar refractivity (Wildman–Crippen MR) is 33.0 cm³/mol. The Hall–Kier alpha value is -1.65. The van der Waals surface area contributed by atoms with Crippen LogP contribution >= 0.6 is 0 Å². The van der Waals surface area contributed by atoms with Gasteiger partial charge in [-0.1, -0.05) is 0 Å². The van der Waals surface area contributed by atoms with E-state index < -0.39 is 0 Å². The molecule has 0 aromatic carbocycles. The molecule has 2 aromatic rings. The summed E-state index contributed by atoms with van der Waals surface area (Å²) in [6.07, 6.45) is 8.46. The Balaban J connectivity index is 2.48. The van der Waals surface area contributed by atoms with Gasteiger partial charge in [-0.2, -0.15) is 4.79 Å². The van der Waals surface area contributed by atoms with Crippen molar-refractivity contribution in [2.75, 3.05) is 0 Å². The maximum absolute atomic E-state index is 3.85. The number of aromatic nitrogens is 5. The van der Waals surface area contributed by atoms with Gasteiger partial charge in [-0.05, 0) is 5.21 Å². The third-order valence-corrected chi connectivity index (χ3v) is 1.14. The van der Waals surface area contributed by atoms with E-state index in [1.54, 1.807) is 40.6 Å². The van der Waals surface area contributed by atoms with E-state index in [2.05, 4.69) is 15.3 Å². The van der Waals surface area contributed by atoms with Crippen LogP contribution in [0.15, 0.2) is 31.1 Å². The van der Waals surface area contributed by atoms with E-state index in [0.717, 1.165) is 0 Å². The summed E-state index contributed by atoms with van der Waals surface area (Å²) in [4.78, 5) is 5.43. The van der Waals surface area contributed by atoms with Crippen molar-refractivity contribution in [3.8, 4) is 0 Å². The van der Waals surface area contributed by atoms with Crippen LogP contribution in [0.25, 0.3) is 0 Å². The fraction of sp³-hybridized carbons (Fsp3) is 0. The average molecular weight is 135 g/mol. The molecule has 0 saturated carbocycles. The molecule has 5 nitrogen and oxygen atoms in total. The zero-order valence-corrected chi connectivity index (χ0v) is 5.12. The van der Waals surface area contributed by atoms with E-state index >= 15 is 0 Å². The van der Waals surface area contributed by atoms with Crippen LogP contribution < -0.4 is 0 Å². The zero-order valence-electron chi connectivity index (χ0n) is 5.12. The molecule has 0 amide bonds. The van der Waals surface area contributed by atoms with Gasteiger partial charge in [0.25, 0.3) is 0 Å². The second-order valence-electron chi connectivity index (χ2n) is 1.77. The van der Waals surface area contributed by atoms with Crippen LogP contribution in [0.2, 0.25) is 0 Å². The number of nitrogens with zero attached hydrogens (tertiary/aromatic N) is 5. The van der Waals surface area contributed by atoms with Gasteiger partial charge in [-0.25, -0.2) is 9.66 Å². The SMILES string of the molecule is c1cn(-n2ccnn2)cn1. The lowest BCUT2D eigenvalue weighted by molar-refractivity contribution is 0.549. The minimum atomic E-state index is 1.58. The van der Waals surface area contributed by atoms with E-state index in [1.165, 1.54) is 0 Å². The van der Waals surface area contributed by atoms with Crippen LogP contribution in [0.1, 0.15) is 0 Å². The molecule has 0 aliphatic rings. The molecule has 0 radical (unpaired) electrons. The lowest BCUT2D eigenvalue weighted by Gasteiger charge is -1.95. The zero-order chi connectivity index (χ0) is 6.81. The lowest BCUT2D eigenvalue weighted by Crippen LogP contribution is -2.06. The molecule has 0 unspecified atom stereocenters. The first kappa shape index (κ1) is 5.16. The molecule has 0 aliphatic heterocycles. The van der Waals surface area contributed by atoms with E-state index in [4.69, 9.17) is 0 Å². The van der Waals surface area contributed by atoms with Crippen molar-refractivity contribution in [3.05, 3.63) is 31.1 Å². The molecule has 2 rings (SSSR count). The molecule has 0 aliphatic carbocycles. The molecule has 0 fully saturated rings. The molecule has 0 N–H and O–H groups in total. The summed E-state index contributed by atoms with van der Waals surface area (Å²) in [7, 11) is 0. The topological polar surface area (TPSA) is 48.5 Å². The Morgan fingerprint density at radius 2 is 2.10 bits per heavy atom. The van der Waals surface area contributed by atoms with Gasteiger partial charge in [-0.15, -0.1) is 5.10 Å². The summed E-state index contributed by atoms with van der Waals surface area (Å²) in [6.45, 7) is 0. The predicted octanol–water partition coefficient (Wildman–Crippen LogP) is -0.214. The number of hydrogen-bond acceptors (Lipinski definition) is 3. The van der Waals surface area contributed by atoms with Crippen LogP contribution in [-0.4, -0.2) is 24.8 Å². The molecule has 2 heterocycles. The van der Waals surface area contributed by atoms with Gasteiger partial charge in [0.05, 0.1) is 12.4 Å². The smallest absolute Gasteiger partial charge is 0.117 e. The molecule has 0 bridgehead atoms. The van der Waals surface area contributed by atoms with Crippen LogP contribution in [0, 0.1) is 0 Å². The average Bonchev–Trinajstić information content (AvgIpc) is 2.59. The first-order valence-electron chi connectivity index (χ1n) is 2.82. The second-order valence-corrected chi connectivity index (χ2v) is 1.77. The third kappa shape index (κ3) is 0.680. The Kier molecular flexibility index (Phi) is 1.00. The molecular formula is C5H5N5. The van der Waals surface area contributed by atoms with E-state index in [-0.39, 0.29) is 0 Å². The minimum absolute atomic E-state index is 1.58. The van der Waals surface area contributed by atoms with Crippen molar-refractivity contribution < 1.29 is 0 Å². The van der Waals surface area contributed by atoms with Crippen LogP contribution in [0.3, 0.4) is 0 Å². The highest BCUT2D eigenvalue weighted by molar-refractivity contribution is 4.76. The van der Waals surface area contributed by atoms with E-state index in [9.17, 15) is 0 Å². The Bertz CT molecular complexity index is 249. The first-order valence-corrected chi connectivity index (χ1v) is 2.82. The van der Waals surface area contributed by atoms with Crippen LogP contribution in [-0.2, 0) is 0 Å². The summed E-state index contributed by atoms with van der Waals surface area (Å²) in [6, 6.07) is 0. The first-order chi connectivity index (χ1) is 4.97. The van der Waals surface area contributed by atoms with Crippen LogP contribution in [0.5, 0.6) is 0 Å². The largest absolute Gasteiger partial charge is 0.243 e. The molecule has 0 atom stereocenters. The maximum Gasteiger partial charge on any atom is 0.117 e. The fourth-order valence-corrected chi connectivity index (χ4v) is 0.698. The van der Waals surface area contributed by atoms with Gasteiger partial charge in [0.1, 0.15) is 6.33 Å². The van der Waals surface area contributed by atoms with Gasteiger partial charge < -0.3 is 0 Å². The third-order valence-electron chi connectivity index (χ3n) is 1.14. The molecule has 0 saturated heterocycles. The van der Waals surface area contributed by atoms with Crippen molar-refractivity contribution >= 4 is 0 Å². The van der Waals surface area contributed by atoms with Crippen molar-refractivity contribution in [2.45, 2.75) is 0 Å². The van der Waals surface area contributed by atoms with Gasteiger partial charge in [-0.3, -0.25) is 0 Å². The number of hydrogen-bond donors (Lipinski definition) is 0. The highest BCUT2D eigenvalue weighted by atomic mass is 15.6. The number of rotatable bonds is 1. The normalized spacial score (nSPS) is 10.0. The lowest BCUT2D eigenvalue weighted by atomic mass is 10.9. The quantitative estimate of drug-likeness (QED) is 0.543. The molecule has 0 spiro atoms. The highest BCUT2D eigenvalue weighted by Gasteiger charge is 1.89. The summed E-state index contributed by atoms with van der Waals surface area (Å²) in [5, 5.41) is 7.39. The molecular weight excluding hydrogens is 130 g/mol. The van der Waals surface area contributed by atoms with Gasteiger partial charge in [0.2, 0.25) is 0 Å². The summed E-state index contributed by atoms with van der Waals surface area (Å²) in [5.74, 6) is 0. The second kappa shape index (κ2) is 1.94. The monoisotopic (exact) mass is 135 g/mol. The minimum Gasteiger partial charge on any atom is -0.243 e.